The Balaban J connectivity index is 0.000000254. The summed E-state index contributed by atoms with van der Waals surface area (Å²) in [5, 5.41) is 18.8. The molecule has 6 aliphatic carbocycles. The van der Waals surface area contributed by atoms with E-state index in [1.165, 1.54) is 46.2 Å². The highest BCUT2D eigenvalue weighted by Gasteiger charge is 2.73. The Labute approximate surface area is 424 Å². The summed E-state index contributed by atoms with van der Waals surface area (Å²) in [6.07, 6.45) is -30.0. The number of hydrogen-bond donors (Lipinski definition) is 2. The van der Waals surface area contributed by atoms with Crippen molar-refractivity contribution < 1.29 is 108 Å². The number of carbonyl (C=O) groups is 2. The molecule has 0 aliphatic heterocycles. The molecule has 0 aromatic heterocycles. The van der Waals surface area contributed by atoms with Gasteiger partial charge in [-0.3, -0.25) is 9.59 Å². The molecule has 0 spiro atoms. The lowest BCUT2D eigenvalue weighted by Crippen LogP contribution is -2.59. The summed E-state index contributed by atoms with van der Waals surface area (Å²) in [5.41, 5.74) is -17.7. The van der Waals surface area contributed by atoms with Crippen LogP contribution in [0.4, 0.5) is 79.0 Å². The minimum Gasteiger partial charge on any atom is -0.459 e. The minimum atomic E-state index is -5.99. The van der Waals surface area contributed by atoms with Gasteiger partial charge in [0.15, 0.2) is 10.8 Å². The number of ether oxygens (including phenoxy) is 2. The Bertz CT molecular complexity index is 2060. The van der Waals surface area contributed by atoms with Crippen LogP contribution in [-0.2, 0) is 24.7 Å². The van der Waals surface area contributed by atoms with Crippen LogP contribution in [0.2, 0.25) is 0 Å². The van der Waals surface area contributed by atoms with Gasteiger partial charge in [-0.25, -0.2) is 0 Å². The van der Waals surface area contributed by atoms with Crippen molar-refractivity contribution >= 4 is 11.9 Å². The van der Waals surface area contributed by atoms with Gasteiger partial charge in [-0.2, -0.15) is 79.0 Å². The molecule has 2 N–H and O–H groups in total. The highest BCUT2D eigenvalue weighted by molar-refractivity contribution is 5.78. The molecule has 7 rings (SSSR count). The normalized spacial score (nSPS) is 30.3. The quantitative estimate of drug-likeness (QED) is 0.169. The molecule has 6 bridgehead atoms. The van der Waals surface area contributed by atoms with Gasteiger partial charge in [-0.1, -0.05) is 52.0 Å². The van der Waals surface area contributed by atoms with Gasteiger partial charge in [0.1, 0.15) is 11.2 Å². The predicted molar refractivity (Wildman–Crippen MR) is 236 cm³/mol. The number of halogens is 18. The van der Waals surface area contributed by atoms with Crippen molar-refractivity contribution in [2.24, 2.45) is 64.1 Å². The van der Waals surface area contributed by atoms with E-state index in [2.05, 4.69) is 0 Å². The number of esters is 2. The average molecular weight is 1120 g/mol. The summed E-state index contributed by atoms with van der Waals surface area (Å²) in [7, 11) is 0. The van der Waals surface area contributed by atoms with Crippen molar-refractivity contribution in [2.75, 3.05) is 0 Å². The monoisotopic (exact) mass is 1120 g/mol. The number of hydrogen-bond acceptors (Lipinski definition) is 6. The molecular formula is C51H68F18O6. The van der Waals surface area contributed by atoms with Gasteiger partial charge < -0.3 is 19.7 Å². The molecule has 0 heterocycles. The molecule has 0 saturated heterocycles. The summed E-state index contributed by atoms with van der Waals surface area (Å²) in [5.74, 6) is -4.79. The molecule has 6 saturated carbocycles. The number of carbonyl (C=O) groups excluding carboxylic acids is 2. The molecule has 1 aromatic carbocycles. The number of aliphatic hydroxyl groups is 2. The Morgan fingerprint density at radius 1 is 0.613 bits per heavy atom. The van der Waals surface area contributed by atoms with Crippen LogP contribution in [0.25, 0.3) is 0 Å². The van der Waals surface area contributed by atoms with E-state index < -0.39 is 130 Å². The molecular weight excluding hydrogens is 1050 g/mol. The van der Waals surface area contributed by atoms with E-state index >= 15 is 0 Å². The van der Waals surface area contributed by atoms with Crippen molar-refractivity contribution in [3.05, 3.63) is 35.4 Å². The molecule has 75 heavy (non-hydrogen) atoms. The maximum atomic E-state index is 14.0. The number of fused-ring (bicyclic) bond motifs is 2. The second-order valence-corrected chi connectivity index (χ2v) is 23.5. The van der Waals surface area contributed by atoms with E-state index in [4.69, 9.17) is 9.47 Å². The topological polar surface area (TPSA) is 93.1 Å². The molecule has 434 valence electrons. The molecule has 6 aliphatic rings. The van der Waals surface area contributed by atoms with Crippen molar-refractivity contribution in [2.45, 2.75) is 205 Å². The number of benzene rings is 1. The SMILES string of the molecule is CC1C2CC(CC(O)(C(F)(F)F)C(F)(F)F)C(C2)C1CC(C)(C(=O)OC(C)(C)C)C(F)(F)F.CCC(C)(C(=O)OC1(C)C2CC3CC(C2)CC1C3)C(F)(F)F.CCC(C)c1ccc(C(O)(C(F)(F)F)C(F)(F)F)cc1. The van der Waals surface area contributed by atoms with Gasteiger partial charge in [0.25, 0.3) is 11.2 Å². The lowest BCUT2D eigenvalue weighted by atomic mass is 9.50. The zero-order chi connectivity index (χ0) is 58.1. The van der Waals surface area contributed by atoms with E-state index in [1.807, 2.05) is 13.8 Å². The fourth-order valence-corrected chi connectivity index (χ4v) is 12.3. The van der Waals surface area contributed by atoms with Gasteiger partial charge in [-0.15, -0.1) is 0 Å². The second-order valence-electron chi connectivity index (χ2n) is 23.5. The van der Waals surface area contributed by atoms with E-state index in [-0.39, 0.29) is 37.0 Å². The van der Waals surface area contributed by atoms with Crippen LogP contribution in [0.3, 0.4) is 0 Å². The third-order valence-corrected chi connectivity index (χ3v) is 17.6. The standard InChI is InChI=1S/C21H29F9O3.C17H25F3O2.C13H14F6O/c1-10-11-6-12(8-18(32,20(25,26)27)21(28,29)30)13(7-11)14(10)9-17(5,19(22,23)24)15(31)33-16(2,3)4;1-4-15(2,17(18,19)20)14(21)22-16(3)12-6-10-5-11(8-12)9-13(16)7-10;1-3-8(2)9-4-6-10(7-5-9)11(20,12(14,15)16)13(17,18)19/h10-14,32H,6-9H2,1-5H3;10-13H,4-9H2,1-3H3;4-8,20H,3H2,1-2H3. The maximum absolute atomic E-state index is 14.0. The minimum absolute atomic E-state index is 0.00826. The Morgan fingerprint density at radius 3 is 1.40 bits per heavy atom. The summed E-state index contributed by atoms with van der Waals surface area (Å²) < 4.78 is 247. The summed E-state index contributed by atoms with van der Waals surface area (Å²) >= 11 is 0. The first kappa shape index (κ1) is 64.3. The van der Waals surface area contributed by atoms with Crippen LogP contribution < -0.4 is 0 Å². The molecule has 8 atom stereocenters. The third-order valence-electron chi connectivity index (χ3n) is 17.6. The first-order valence-corrected chi connectivity index (χ1v) is 24.9. The van der Waals surface area contributed by atoms with Gasteiger partial charge in [0, 0.05) is 5.56 Å². The summed E-state index contributed by atoms with van der Waals surface area (Å²) in [6.45, 7) is 14.3. The van der Waals surface area contributed by atoms with Crippen LogP contribution in [0, 0.1) is 64.1 Å². The molecule has 0 radical (unpaired) electrons. The van der Waals surface area contributed by atoms with Crippen LogP contribution >= 0.6 is 0 Å². The fourth-order valence-electron chi connectivity index (χ4n) is 12.3. The summed E-state index contributed by atoms with van der Waals surface area (Å²) in [6, 6.07) is 3.68. The van der Waals surface area contributed by atoms with Crippen molar-refractivity contribution in [3.63, 3.8) is 0 Å². The lowest BCUT2D eigenvalue weighted by Gasteiger charge is -2.59. The molecule has 24 heteroatoms. The molecule has 0 amide bonds. The number of rotatable bonds is 11. The van der Waals surface area contributed by atoms with E-state index in [1.54, 1.807) is 13.8 Å². The highest BCUT2D eigenvalue weighted by Crippen LogP contribution is 2.64. The Hall–Kier alpha value is -3.18. The van der Waals surface area contributed by atoms with Gasteiger partial charge >= 0.3 is 49.0 Å². The zero-order valence-electron chi connectivity index (χ0n) is 43.2. The van der Waals surface area contributed by atoms with E-state index in [0.29, 0.717) is 42.9 Å². The third kappa shape index (κ3) is 12.5. The van der Waals surface area contributed by atoms with Crippen molar-refractivity contribution in [1.82, 2.24) is 0 Å². The predicted octanol–water partition coefficient (Wildman–Crippen LogP) is 15.7. The molecule has 6 nitrogen and oxygen atoms in total. The largest absolute Gasteiger partial charge is 0.459 e. The highest BCUT2D eigenvalue weighted by atomic mass is 19.4. The average Bonchev–Trinajstić information content (AvgIpc) is 3.79. The lowest BCUT2D eigenvalue weighted by molar-refractivity contribution is -0.376. The Morgan fingerprint density at radius 2 is 1.05 bits per heavy atom. The second kappa shape index (κ2) is 21.1. The molecule has 6 fully saturated rings. The fraction of sp³-hybridized carbons (Fsp3) is 0.843. The first-order chi connectivity index (χ1) is 33.5. The molecule has 1 aromatic rings. The van der Waals surface area contributed by atoms with E-state index in [0.717, 1.165) is 32.6 Å². The maximum Gasteiger partial charge on any atom is 0.430 e. The van der Waals surface area contributed by atoms with Gasteiger partial charge in [-0.05, 0) is 177 Å². The van der Waals surface area contributed by atoms with Gasteiger partial charge in [0.2, 0.25) is 0 Å². The van der Waals surface area contributed by atoms with Gasteiger partial charge in [0.05, 0.1) is 0 Å². The summed E-state index contributed by atoms with van der Waals surface area (Å²) in [4.78, 5) is 24.9. The van der Waals surface area contributed by atoms with Crippen LogP contribution in [0.1, 0.15) is 157 Å². The smallest absolute Gasteiger partial charge is 0.430 e. The number of alkyl halides is 18. The first-order valence-electron chi connectivity index (χ1n) is 24.9. The zero-order valence-corrected chi connectivity index (χ0v) is 43.2. The van der Waals surface area contributed by atoms with Crippen molar-refractivity contribution in [3.8, 4) is 0 Å². The molecule has 8 unspecified atom stereocenters. The Kier molecular flexibility index (Phi) is 18.1. The van der Waals surface area contributed by atoms with E-state index in [9.17, 15) is 98.8 Å². The van der Waals surface area contributed by atoms with Crippen molar-refractivity contribution in [1.29, 1.82) is 0 Å². The van der Waals surface area contributed by atoms with Crippen LogP contribution in [-0.4, -0.2) is 76.0 Å². The van der Waals surface area contributed by atoms with Crippen LogP contribution in [0.5, 0.6) is 0 Å². The van der Waals surface area contributed by atoms with Crippen LogP contribution in [0.15, 0.2) is 24.3 Å².